The van der Waals surface area contributed by atoms with Crippen LogP contribution < -0.4 is 11.1 Å². The molecule has 0 heterocycles. The van der Waals surface area contributed by atoms with Crippen molar-refractivity contribution in [1.82, 2.24) is 5.32 Å². The molecule has 0 bridgehead atoms. The molecule has 2 aromatic carbocycles. The molecule has 6 heteroatoms. The molecule has 2 rings (SSSR count). The molecule has 4 N–H and O–H groups in total. The van der Waals surface area contributed by atoms with Gasteiger partial charge in [0.05, 0.1) is 12.1 Å². The molecule has 2 unspecified atom stereocenters. The van der Waals surface area contributed by atoms with Gasteiger partial charge in [0.2, 0.25) is 11.8 Å². The molecule has 2 aromatic rings. The third kappa shape index (κ3) is 5.26. The van der Waals surface area contributed by atoms with E-state index in [1.54, 1.807) is 37.3 Å². The minimum Gasteiger partial charge on any atom is -0.386 e. The number of carbonyl (C=O) groups excluding carboxylic acids is 2. The SMILES string of the molecule is CC(NC(=O)/C=C/c1ccc(C(N)=O)cc1)C(O)c1ccc(F)cc1. The second-order valence-corrected chi connectivity index (χ2v) is 5.61. The number of nitrogens with two attached hydrogens (primary N) is 1. The lowest BCUT2D eigenvalue weighted by molar-refractivity contribution is -0.117. The van der Waals surface area contributed by atoms with E-state index in [9.17, 15) is 19.1 Å². The Morgan fingerprint density at radius 2 is 1.72 bits per heavy atom. The number of primary amides is 1. The first kappa shape index (κ1) is 18.4. The minimum absolute atomic E-state index is 0.382. The fraction of sp³-hybridized carbons (Fsp3) is 0.158. The molecule has 25 heavy (non-hydrogen) atoms. The van der Waals surface area contributed by atoms with E-state index >= 15 is 0 Å². The first-order valence-electron chi connectivity index (χ1n) is 7.69. The van der Waals surface area contributed by atoms with Gasteiger partial charge in [-0.2, -0.15) is 0 Å². The molecule has 0 aliphatic heterocycles. The van der Waals surface area contributed by atoms with Gasteiger partial charge in [0, 0.05) is 11.6 Å². The van der Waals surface area contributed by atoms with E-state index < -0.39 is 23.9 Å². The highest BCUT2D eigenvalue weighted by Gasteiger charge is 2.17. The van der Waals surface area contributed by atoms with Crippen molar-refractivity contribution in [2.24, 2.45) is 5.73 Å². The van der Waals surface area contributed by atoms with Gasteiger partial charge >= 0.3 is 0 Å². The average molecular weight is 342 g/mol. The highest BCUT2D eigenvalue weighted by atomic mass is 19.1. The molecule has 0 saturated heterocycles. The summed E-state index contributed by atoms with van der Waals surface area (Å²) in [6.45, 7) is 1.65. The van der Waals surface area contributed by atoms with Crippen LogP contribution in [-0.2, 0) is 4.79 Å². The highest BCUT2D eigenvalue weighted by Crippen LogP contribution is 2.17. The van der Waals surface area contributed by atoms with Gasteiger partial charge in [0.1, 0.15) is 5.82 Å². The van der Waals surface area contributed by atoms with Crippen molar-refractivity contribution in [3.8, 4) is 0 Å². The van der Waals surface area contributed by atoms with Crippen molar-refractivity contribution >= 4 is 17.9 Å². The van der Waals surface area contributed by atoms with Crippen LogP contribution >= 0.6 is 0 Å². The van der Waals surface area contributed by atoms with Crippen LogP contribution in [0.3, 0.4) is 0 Å². The zero-order valence-electron chi connectivity index (χ0n) is 13.6. The van der Waals surface area contributed by atoms with E-state index in [0.717, 1.165) is 5.56 Å². The summed E-state index contributed by atoms with van der Waals surface area (Å²) in [6, 6.07) is 11.4. The molecule has 5 nitrogen and oxygen atoms in total. The number of rotatable bonds is 6. The van der Waals surface area contributed by atoms with E-state index in [4.69, 9.17) is 5.73 Å². The Morgan fingerprint density at radius 3 is 2.28 bits per heavy atom. The Kier molecular flexibility index (Phi) is 6.03. The van der Waals surface area contributed by atoms with Crippen LogP contribution in [0.2, 0.25) is 0 Å². The number of aliphatic hydroxyl groups excluding tert-OH is 1. The average Bonchev–Trinajstić information content (AvgIpc) is 2.60. The van der Waals surface area contributed by atoms with Crippen molar-refractivity contribution in [3.05, 3.63) is 77.1 Å². The minimum atomic E-state index is -0.951. The fourth-order valence-corrected chi connectivity index (χ4v) is 2.23. The molecule has 2 atom stereocenters. The number of benzene rings is 2. The van der Waals surface area contributed by atoms with Gasteiger partial charge < -0.3 is 16.2 Å². The maximum Gasteiger partial charge on any atom is 0.248 e. The Balaban J connectivity index is 1.94. The van der Waals surface area contributed by atoms with Gasteiger partial charge in [-0.05, 0) is 48.4 Å². The molecule has 0 saturated carbocycles. The normalized spacial score (nSPS) is 13.4. The third-order valence-electron chi connectivity index (χ3n) is 3.68. The summed E-state index contributed by atoms with van der Waals surface area (Å²) in [7, 11) is 0. The molecule has 2 amide bonds. The number of halogens is 1. The molecular formula is C19H19FN2O3. The topological polar surface area (TPSA) is 92.4 Å². The molecule has 130 valence electrons. The number of nitrogens with one attached hydrogen (secondary N) is 1. The Bertz CT molecular complexity index is 770. The third-order valence-corrected chi connectivity index (χ3v) is 3.68. The zero-order chi connectivity index (χ0) is 18.4. The number of aliphatic hydroxyl groups is 1. The van der Waals surface area contributed by atoms with E-state index in [1.165, 1.54) is 30.3 Å². The van der Waals surface area contributed by atoms with Crippen LogP contribution in [-0.4, -0.2) is 23.0 Å². The number of carbonyl (C=O) groups is 2. The quantitative estimate of drug-likeness (QED) is 0.703. The van der Waals surface area contributed by atoms with E-state index in [2.05, 4.69) is 5.32 Å². The van der Waals surface area contributed by atoms with Crippen LogP contribution in [0.15, 0.2) is 54.6 Å². The predicted molar refractivity (Wildman–Crippen MR) is 93.0 cm³/mol. The second-order valence-electron chi connectivity index (χ2n) is 5.61. The van der Waals surface area contributed by atoms with Gasteiger partial charge in [0.15, 0.2) is 0 Å². The standard InChI is InChI=1S/C19H19FN2O3/c1-12(18(24)14-7-9-16(20)10-8-14)22-17(23)11-4-13-2-5-15(6-3-13)19(21)25/h2-12,18,24H,1H3,(H2,21,25)(H,22,23)/b11-4+. The van der Waals surface area contributed by atoms with E-state index in [-0.39, 0.29) is 5.91 Å². The molecule has 0 fully saturated rings. The van der Waals surface area contributed by atoms with Crippen molar-refractivity contribution in [3.63, 3.8) is 0 Å². The molecule has 0 aromatic heterocycles. The van der Waals surface area contributed by atoms with Crippen molar-refractivity contribution in [2.75, 3.05) is 0 Å². The van der Waals surface area contributed by atoms with Crippen LogP contribution in [0.1, 0.15) is 34.5 Å². The van der Waals surface area contributed by atoms with Crippen molar-refractivity contribution < 1.29 is 19.1 Å². The van der Waals surface area contributed by atoms with Crippen LogP contribution in [0, 0.1) is 5.82 Å². The second kappa shape index (κ2) is 8.21. The Morgan fingerprint density at radius 1 is 1.12 bits per heavy atom. The molecule has 0 spiro atoms. The van der Waals surface area contributed by atoms with Gasteiger partial charge in [-0.1, -0.05) is 24.3 Å². The van der Waals surface area contributed by atoms with Crippen molar-refractivity contribution in [2.45, 2.75) is 19.1 Å². The van der Waals surface area contributed by atoms with Gasteiger partial charge in [-0.3, -0.25) is 9.59 Å². The summed E-state index contributed by atoms with van der Waals surface area (Å²) in [5.74, 6) is -1.29. The monoisotopic (exact) mass is 342 g/mol. The number of hydrogen-bond acceptors (Lipinski definition) is 3. The lowest BCUT2D eigenvalue weighted by atomic mass is 10.0. The van der Waals surface area contributed by atoms with Crippen LogP contribution in [0.4, 0.5) is 4.39 Å². The largest absolute Gasteiger partial charge is 0.386 e. The first-order chi connectivity index (χ1) is 11.9. The number of hydrogen-bond donors (Lipinski definition) is 3. The maximum atomic E-state index is 12.9. The molecule has 0 radical (unpaired) electrons. The summed E-state index contributed by atoms with van der Waals surface area (Å²) < 4.78 is 12.9. The first-order valence-corrected chi connectivity index (χ1v) is 7.69. The van der Waals surface area contributed by atoms with Gasteiger partial charge in [0.25, 0.3) is 0 Å². The van der Waals surface area contributed by atoms with Crippen LogP contribution in [0.25, 0.3) is 6.08 Å². The summed E-state index contributed by atoms with van der Waals surface area (Å²) in [6.07, 6.45) is 1.96. The van der Waals surface area contributed by atoms with Gasteiger partial charge in [-0.15, -0.1) is 0 Å². The smallest absolute Gasteiger partial charge is 0.248 e. The maximum absolute atomic E-state index is 12.9. The van der Waals surface area contributed by atoms with E-state index in [1.807, 2.05) is 0 Å². The Labute approximate surface area is 145 Å². The van der Waals surface area contributed by atoms with E-state index in [0.29, 0.717) is 11.1 Å². The lowest BCUT2D eigenvalue weighted by Gasteiger charge is -2.19. The predicted octanol–water partition coefficient (Wildman–Crippen LogP) is 2.18. The summed E-state index contributed by atoms with van der Waals surface area (Å²) in [4.78, 5) is 22.9. The Hall–Kier alpha value is -2.99. The fourth-order valence-electron chi connectivity index (χ4n) is 2.23. The summed E-state index contributed by atoms with van der Waals surface area (Å²) >= 11 is 0. The highest BCUT2D eigenvalue weighted by molar-refractivity contribution is 5.94. The van der Waals surface area contributed by atoms with Gasteiger partial charge in [-0.25, -0.2) is 4.39 Å². The van der Waals surface area contributed by atoms with Crippen molar-refractivity contribution in [1.29, 1.82) is 0 Å². The lowest BCUT2D eigenvalue weighted by Crippen LogP contribution is -2.36. The molecule has 0 aliphatic carbocycles. The summed E-state index contributed by atoms with van der Waals surface area (Å²) in [5, 5.41) is 12.8. The zero-order valence-corrected chi connectivity index (χ0v) is 13.6. The molecular weight excluding hydrogens is 323 g/mol. The summed E-state index contributed by atoms with van der Waals surface area (Å²) in [5.41, 5.74) is 6.79. The molecule has 0 aliphatic rings. The van der Waals surface area contributed by atoms with Crippen LogP contribution in [0.5, 0.6) is 0 Å². The number of amides is 2.